The van der Waals surface area contributed by atoms with Gasteiger partial charge in [-0.1, -0.05) is 23.9 Å². The Labute approximate surface area is 141 Å². The summed E-state index contributed by atoms with van der Waals surface area (Å²) in [5.74, 6) is -6.47. The van der Waals surface area contributed by atoms with Gasteiger partial charge in [0.05, 0.1) is 6.42 Å². The Hall–Kier alpha value is -2.43. The number of benzene rings is 1. The van der Waals surface area contributed by atoms with Crippen molar-refractivity contribution in [3.8, 4) is 0 Å². The van der Waals surface area contributed by atoms with Gasteiger partial charge in [0.25, 0.3) is 0 Å². The highest BCUT2D eigenvalue weighted by Gasteiger charge is 2.40. The predicted molar refractivity (Wildman–Crippen MR) is 76.1 cm³/mol. The lowest BCUT2D eigenvalue weighted by molar-refractivity contribution is -0.132. The fourth-order valence-electron chi connectivity index (χ4n) is 1.71. The number of carboxylic acid groups (broad SMARTS) is 1. The first-order valence-corrected chi connectivity index (χ1v) is 7.29. The number of aliphatic carboxylic acids is 1. The third-order valence-electron chi connectivity index (χ3n) is 2.87. The van der Waals surface area contributed by atoms with Gasteiger partial charge in [0, 0.05) is 16.0 Å². The molecule has 1 aromatic heterocycles. The van der Waals surface area contributed by atoms with Gasteiger partial charge in [0.1, 0.15) is 0 Å². The average molecular weight is 380 g/mol. The Morgan fingerprint density at radius 2 is 1.80 bits per heavy atom. The van der Waals surface area contributed by atoms with Crippen LogP contribution >= 0.6 is 11.8 Å². The Morgan fingerprint density at radius 1 is 1.20 bits per heavy atom. The number of carboxylic acids is 1. The molecule has 1 heterocycles. The van der Waals surface area contributed by atoms with Crippen LogP contribution in [0.2, 0.25) is 0 Å². The van der Waals surface area contributed by atoms with Gasteiger partial charge in [-0.05, 0) is 23.9 Å². The molecule has 0 saturated carbocycles. The molecule has 25 heavy (non-hydrogen) atoms. The van der Waals surface area contributed by atoms with Crippen LogP contribution in [-0.2, 0) is 17.1 Å². The Balaban J connectivity index is 2.19. The summed E-state index contributed by atoms with van der Waals surface area (Å²) >= 11 is -0.430. The second-order valence-corrected chi connectivity index (χ2v) is 5.88. The summed E-state index contributed by atoms with van der Waals surface area (Å²) in [6.07, 6.45) is -0.417. The van der Waals surface area contributed by atoms with Crippen molar-refractivity contribution in [3.63, 3.8) is 0 Å². The summed E-state index contributed by atoms with van der Waals surface area (Å²) < 4.78 is 69.9. The molecule has 0 amide bonds. The van der Waals surface area contributed by atoms with Crippen molar-refractivity contribution in [2.24, 2.45) is 0 Å². The topological polar surface area (TPSA) is 76.2 Å². The molecule has 5 nitrogen and oxygen atoms in total. The number of nitrogens with zero attached hydrogens (tertiary/aromatic N) is 2. The van der Waals surface area contributed by atoms with Gasteiger partial charge in [-0.3, -0.25) is 0 Å². The smallest absolute Gasteiger partial charge is 0.446 e. The van der Waals surface area contributed by atoms with E-state index < -0.39 is 47.0 Å². The molecule has 134 valence electrons. The van der Waals surface area contributed by atoms with Crippen LogP contribution in [0.5, 0.6) is 0 Å². The molecular formula is C14H9F5N2O3S. The van der Waals surface area contributed by atoms with Crippen molar-refractivity contribution in [1.29, 1.82) is 0 Å². The first-order chi connectivity index (χ1) is 11.5. The first-order valence-electron chi connectivity index (χ1n) is 6.47. The fourth-order valence-corrected chi connectivity index (χ4v) is 2.25. The van der Waals surface area contributed by atoms with E-state index in [2.05, 4.69) is 21.2 Å². The van der Waals surface area contributed by atoms with Crippen LogP contribution in [0.3, 0.4) is 0 Å². The molecule has 0 radical (unpaired) electrons. The van der Waals surface area contributed by atoms with E-state index in [1.165, 1.54) is 0 Å². The Bertz CT molecular complexity index is 787. The summed E-state index contributed by atoms with van der Waals surface area (Å²) in [5, 5.41) is 11.8. The van der Waals surface area contributed by atoms with Crippen molar-refractivity contribution in [1.82, 2.24) is 10.1 Å². The molecule has 2 rings (SSSR count). The van der Waals surface area contributed by atoms with Crippen LogP contribution in [0, 0.1) is 0 Å². The summed E-state index contributed by atoms with van der Waals surface area (Å²) in [7, 11) is 0. The van der Waals surface area contributed by atoms with Crippen LogP contribution in [0.4, 0.5) is 22.0 Å². The quantitative estimate of drug-likeness (QED) is 0.464. The molecular weight excluding hydrogens is 371 g/mol. The minimum absolute atomic E-state index is 0.251. The minimum Gasteiger partial charge on any atom is -0.478 e. The molecule has 0 atom stereocenters. The molecule has 0 fully saturated rings. The van der Waals surface area contributed by atoms with Crippen LogP contribution in [0.1, 0.15) is 17.3 Å². The van der Waals surface area contributed by atoms with E-state index in [9.17, 15) is 26.7 Å². The zero-order valence-electron chi connectivity index (χ0n) is 12.2. The van der Waals surface area contributed by atoms with Crippen LogP contribution in [0.15, 0.2) is 45.8 Å². The van der Waals surface area contributed by atoms with E-state index in [0.717, 1.165) is 24.3 Å². The van der Waals surface area contributed by atoms with Gasteiger partial charge in [0.2, 0.25) is 11.7 Å². The van der Waals surface area contributed by atoms with Gasteiger partial charge in [-0.25, -0.2) is 4.79 Å². The Kier molecular flexibility index (Phi) is 5.16. The van der Waals surface area contributed by atoms with E-state index in [0.29, 0.717) is 0 Å². The number of hydrogen-bond donors (Lipinski definition) is 1. The van der Waals surface area contributed by atoms with E-state index in [1.54, 1.807) is 0 Å². The number of hydrogen-bond acceptors (Lipinski definition) is 5. The molecule has 1 N–H and O–H groups in total. The maximum absolute atomic E-state index is 14.3. The van der Waals surface area contributed by atoms with Gasteiger partial charge in [-0.15, -0.1) is 0 Å². The molecule has 0 unspecified atom stereocenters. The van der Waals surface area contributed by atoms with E-state index in [-0.39, 0.29) is 16.4 Å². The number of carbonyl (C=O) groups is 1. The zero-order valence-corrected chi connectivity index (χ0v) is 13.0. The lowest BCUT2D eigenvalue weighted by atomic mass is 10.1. The highest BCUT2D eigenvalue weighted by atomic mass is 32.2. The number of alkyl halides is 5. The molecule has 0 aliphatic rings. The third kappa shape index (κ3) is 4.78. The lowest BCUT2D eigenvalue weighted by Gasteiger charge is -2.13. The SMILES string of the molecule is C=C(Cc1nc(C(F)(F)c2ccc(SC(F)(F)F)cc2)no1)C(=O)O. The molecule has 11 heteroatoms. The monoisotopic (exact) mass is 380 g/mol. The zero-order chi connectivity index (χ0) is 18.8. The standard InChI is InChI=1S/C14H9F5N2O3S/c1-7(11(22)23)6-10-20-12(21-24-10)13(15,16)8-2-4-9(5-3-8)25-14(17,18)19/h2-5H,1,6H2,(H,22,23). The highest BCUT2D eigenvalue weighted by molar-refractivity contribution is 8.00. The fraction of sp³-hybridized carbons (Fsp3) is 0.214. The van der Waals surface area contributed by atoms with Crippen LogP contribution in [0.25, 0.3) is 0 Å². The summed E-state index contributed by atoms with van der Waals surface area (Å²) in [5.41, 5.74) is -5.49. The molecule has 0 aliphatic heterocycles. The van der Waals surface area contributed by atoms with Crippen molar-refractivity contribution < 1.29 is 36.4 Å². The van der Waals surface area contributed by atoms with Gasteiger partial charge >= 0.3 is 17.4 Å². The first kappa shape index (κ1) is 18.9. The van der Waals surface area contributed by atoms with E-state index >= 15 is 0 Å². The minimum atomic E-state index is -4.53. The van der Waals surface area contributed by atoms with Crippen molar-refractivity contribution >= 4 is 17.7 Å². The molecule has 0 bridgehead atoms. The highest BCUT2D eigenvalue weighted by Crippen LogP contribution is 2.39. The van der Waals surface area contributed by atoms with Gasteiger partial charge < -0.3 is 9.63 Å². The number of aromatic nitrogens is 2. The predicted octanol–water partition coefficient (Wildman–Crippen LogP) is 4.00. The van der Waals surface area contributed by atoms with E-state index in [4.69, 9.17) is 5.11 Å². The van der Waals surface area contributed by atoms with Crippen molar-refractivity contribution in [2.45, 2.75) is 22.7 Å². The molecule has 0 spiro atoms. The number of thioether (sulfide) groups is 1. The average Bonchev–Trinajstić information content (AvgIpc) is 2.95. The van der Waals surface area contributed by atoms with Crippen LogP contribution in [-0.4, -0.2) is 26.7 Å². The lowest BCUT2D eigenvalue weighted by Crippen LogP contribution is -2.17. The van der Waals surface area contributed by atoms with Gasteiger partial charge in [-0.2, -0.15) is 26.9 Å². The van der Waals surface area contributed by atoms with E-state index in [1.807, 2.05) is 0 Å². The summed E-state index contributed by atoms with van der Waals surface area (Å²) in [4.78, 5) is 13.8. The third-order valence-corrected chi connectivity index (χ3v) is 3.61. The molecule has 1 aromatic carbocycles. The molecule has 0 saturated heterocycles. The summed E-state index contributed by atoms with van der Waals surface area (Å²) in [6.45, 7) is 3.21. The number of rotatable bonds is 6. The normalized spacial score (nSPS) is 12.2. The van der Waals surface area contributed by atoms with Gasteiger partial charge in [0.15, 0.2) is 0 Å². The summed E-state index contributed by atoms with van der Waals surface area (Å²) in [6, 6.07) is 3.43. The number of halogens is 5. The van der Waals surface area contributed by atoms with Crippen LogP contribution < -0.4 is 0 Å². The van der Waals surface area contributed by atoms with Crippen molar-refractivity contribution in [3.05, 3.63) is 53.7 Å². The maximum Gasteiger partial charge on any atom is 0.446 e. The Morgan fingerprint density at radius 3 is 2.32 bits per heavy atom. The second kappa shape index (κ2) is 6.82. The largest absolute Gasteiger partial charge is 0.478 e. The maximum atomic E-state index is 14.3. The second-order valence-electron chi connectivity index (χ2n) is 4.74. The van der Waals surface area contributed by atoms with Crippen molar-refractivity contribution in [2.75, 3.05) is 0 Å². The molecule has 2 aromatic rings. The molecule has 0 aliphatic carbocycles.